The van der Waals surface area contributed by atoms with Crippen LogP contribution >= 0.6 is 47.0 Å². The van der Waals surface area contributed by atoms with E-state index in [1.165, 1.54) is 7.11 Å². The Kier molecular flexibility index (Phi) is 7.53. The molecule has 0 aliphatic heterocycles. The molecule has 26 heavy (non-hydrogen) atoms. The van der Waals surface area contributed by atoms with E-state index in [1.807, 2.05) is 61.5 Å². The first-order valence-corrected chi connectivity index (χ1v) is 9.22. The Hall–Kier alpha value is -1.53. The van der Waals surface area contributed by atoms with E-state index in [-0.39, 0.29) is 5.11 Å². The van der Waals surface area contributed by atoms with Crippen molar-refractivity contribution in [2.24, 2.45) is 4.99 Å². The van der Waals surface area contributed by atoms with Crippen LogP contribution in [0.2, 0.25) is 0 Å². The maximum atomic E-state index is 6.08. The number of aryl methyl sites for hydroxylation is 1. The fraction of sp³-hybridized carbons (Fsp3) is 0.222. The van der Waals surface area contributed by atoms with Gasteiger partial charge in [-0.2, -0.15) is 0 Å². The van der Waals surface area contributed by atoms with Crippen LogP contribution in [0.1, 0.15) is 11.1 Å². The Bertz CT molecular complexity index is 762. The third-order valence-electron chi connectivity index (χ3n) is 3.35. The van der Waals surface area contributed by atoms with Crippen molar-refractivity contribution in [2.45, 2.75) is 16.9 Å². The summed E-state index contributed by atoms with van der Waals surface area (Å²) in [5.74, 6) is 0.330. The average Bonchev–Trinajstić information content (AvgIpc) is 2.59. The Morgan fingerprint density at radius 2 is 1.69 bits per heavy atom. The lowest BCUT2D eigenvalue weighted by atomic mass is 10.1. The van der Waals surface area contributed by atoms with Gasteiger partial charge in [0, 0.05) is 11.3 Å². The minimum Gasteiger partial charge on any atom is -0.481 e. The van der Waals surface area contributed by atoms with E-state index in [9.17, 15) is 0 Å². The quantitative estimate of drug-likeness (QED) is 0.308. The Morgan fingerprint density at radius 3 is 2.23 bits per heavy atom. The van der Waals surface area contributed by atoms with Gasteiger partial charge < -0.3 is 15.4 Å². The summed E-state index contributed by atoms with van der Waals surface area (Å²) >= 11 is 23.5. The molecule has 0 aliphatic carbocycles. The summed E-state index contributed by atoms with van der Waals surface area (Å²) in [6.45, 7) is 1.99. The zero-order valence-corrected chi connectivity index (χ0v) is 17.3. The highest BCUT2D eigenvalue weighted by Gasteiger charge is 2.34. The summed E-state index contributed by atoms with van der Waals surface area (Å²) in [6.07, 6.45) is -0.951. The summed E-state index contributed by atoms with van der Waals surface area (Å²) in [5, 5.41) is 6.20. The van der Waals surface area contributed by atoms with E-state index < -0.39 is 9.96 Å². The molecule has 0 spiro atoms. The third kappa shape index (κ3) is 6.32. The van der Waals surface area contributed by atoms with Crippen molar-refractivity contribution in [3.63, 3.8) is 0 Å². The molecule has 0 radical (unpaired) electrons. The highest BCUT2D eigenvalue weighted by Crippen LogP contribution is 2.31. The number of rotatable bonds is 4. The number of anilines is 1. The number of benzene rings is 2. The smallest absolute Gasteiger partial charge is 0.230 e. The first kappa shape index (κ1) is 20.8. The normalized spacial score (nSPS) is 13.0. The van der Waals surface area contributed by atoms with E-state index >= 15 is 0 Å². The number of nitrogens with zero attached hydrogens (tertiary/aromatic N) is 1. The van der Waals surface area contributed by atoms with E-state index in [4.69, 9.17) is 51.8 Å². The highest BCUT2D eigenvalue weighted by molar-refractivity contribution is 7.80. The molecular weight excluding hydrogens is 413 g/mol. The van der Waals surface area contributed by atoms with Crippen molar-refractivity contribution in [1.82, 2.24) is 5.32 Å². The van der Waals surface area contributed by atoms with Crippen LogP contribution in [0.4, 0.5) is 5.69 Å². The highest BCUT2D eigenvalue weighted by atomic mass is 35.6. The second kappa shape index (κ2) is 9.42. The molecule has 4 nitrogen and oxygen atoms in total. The number of methoxy groups -OCH3 is 1. The molecule has 2 aromatic rings. The topological polar surface area (TPSA) is 45.6 Å². The molecule has 2 aromatic carbocycles. The fourth-order valence-corrected chi connectivity index (χ4v) is 2.60. The van der Waals surface area contributed by atoms with Gasteiger partial charge >= 0.3 is 0 Å². The fourth-order valence-electron chi connectivity index (χ4n) is 2.06. The van der Waals surface area contributed by atoms with Gasteiger partial charge in [0.1, 0.15) is 0 Å². The minimum absolute atomic E-state index is 0.274. The largest absolute Gasteiger partial charge is 0.481 e. The van der Waals surface area contributed by atoms with Crippen LogP contribution in [-0.4, -0.2) is 28.1 Å². The molecular formula is C18H18Cl3N3OS. The monoisotopic (exact) mass is 429 g/mol. The van der Waals surface area contributed by atoms with Crippen molar-refractivity contribution < 1.29 is 4.74 Å². The molecule has 0 unspecified atom stereocenters. The maximum absolute atomic E-state index is 6.08. The lowest BCUT2D eigenvalue weighted by Crippen LogP contribution is -2.45. The summed E-state index contributed by atoms with van der Waals surface area (Å²) in [6, 6.07) is 17.1. The molecule has 2 rings (SSSR count). The number of para-hydroxylation sites is 1. The van der Waals surface area contributed by atoms with Crippen LogP contribution in [0.15, 0.2) is 59.6 Å². The zero-order valence-electron chi connectivity index (χ0n) is 14.2. The van der Waals surface area contributed by atoms with E-state index in [1.54, 1.807) is 0 Å². The van der Waals surface area contributed by atoms with Gasteiger partial charge in [0.05, 0.1) is 7.11 Å². The summed E-state index contributed by atoms with van der Waals surface area (Å²) in [7, 11) is 1.51. The van der Waals surface area contributed by atoms with Gasteiger partial charge in [0.15, 0.2) is 11.3 Å². The first-order chi connectivity index (χ1) is 12.3. The molecule has 2 N–H and O–H groups in total. The summed E-state index contributed by atoms with van der Waals surface area (Å²) in [4.78, 5) is 4.41. The molecule has 0 heterocycles. The Balaban J connectivity index is 2.20. The number of hydrogen-bond acceptors (Lipinski definition) is 3. The lowest BCUT2D eigenvalue weighted by Gasteiger charge is -2.24. The first-order valence-electron chi connectivity index (χ1n) is 7.67. The van der Waals surface area contributed by atoms with Crippen molar-refractivity contribution in [1.29, 1.82) is 0 Å². The number of aliphatic imine (C=N–C) groups is 1. The van der Waals surface area contributed by atoms with Gasteiger partial charge in [-0.15, -0.1) is 0 Å². The molecule has 0 fully saturated rings. The van der Waals surface area contributed by atoms with Gasteiger partial charge in [-0.3, -0.25) is 0 Å². The minimum atomic E-state index is -1.74. The van der Waals surface area contributed by atoms with Gasteiger partial charge in [-0.1, -0.05) is 70.7 Å². The predicted octanol–water partition coefficient (Wildman–Crippen LogP) is 5.07. The zero-order chi connectivity index (χ0) is 19.2. The third-order valence-corrected chi connectivity index (χ3v) is 4.19. The van der Waals surface area contributed by atoms with Crippen molar-refractivity contribution >= 4 is 63.7 Å². The molecule has 138 valence electrons. The standard InChI is InChI=1S/C18H18Cl3N3OS/c1-12-8-10-13(11-9-12)15(25-2)23-16(18(19,20)21)24-17(26)22-14-6-4-3-5-7-14/h3-11,16H,1-2H3,(H2,22,24,26)/t16-/m1/s1. The molecule has 8 heteroatoms. The van der Waals surface area contributed by atoms with Gasteiger partial charge in [-0.05, 0) is 43.4 Å². The Morgan fingerprint density at radius 1 is 1.08 bits per heavy atom. The van der Waals surface area contributed by atoms with Crippen LogP contribution in [0.3, 0.4) is 0 Å². The van der Waals surface area contributed by atoms with E-state index in [0.29, 0.717) is 5.90 Å². The van der Waals surface area contributed by atoms with Gasteiger partial charge in [-0.25, -0.2) is 4.99 Å². The van der Waals surface area contributed by atoms with Crippen LogP contribution in [0.25, 0.3) is 0 Å². The van der Waals surface area contributed by atoms with Gasteiger partial charge in [0.25, 0.3) is 0 Å². The number of alkyl halides is 3. The second-order valence-corrected chi connectivity index (χ2v) is 8.19. The maximum Gasteiger partial charge on any atom is 0.230 e. The van der Waals surface area contributed by atoms with E-state index in [2.05, 4.69) is 15.6 Å². The van der Waals surface area contributed by atoms with Crippen molar-refractivity contribution in [2.75, 3.05) is 12.4 Å². The SMILES string of the molecule is COC(=N[C@H](NC(=S)Nc1ccccc1)C(Cl)(Cl)Cl)c1ccc(C)cc1. The van der Waals surface area contributed by atoms with Crippen molar-refractivity contribution in [3.8, 4) is 0 Å². The summed E-state index contributed by atoms with van der Waals surface area (Å²) in [5.41, 5.74) is 2.69. The molecule has 1 atom stereocenters. The number of hydrogen-bond donors (Lipinski definition) is 2. The van der Waals surface area contributed by atoms with Crippen LogP contribution in [0.5, 0.6) is 0 Å². The van der Waals surface area contributed by atoms with Gasteiger partial charge in [0.2, 0.25) is 9.69 Å². The second-order valence-electron chi connectivity index (χ2n) is 5.41. The molecule has 0 amide bonds. The molecule has 0 saturated carbocycles. The van der Waals surface area contributed by atoms with Crippen LogP contribution in [-0.2, 0) is 4.74 Å². The Labute approximate surface area is 173 Å². The molecule has 0 saturated heterocycles. The summed E-state index contributed by atoms with van der Waals surface area (Å²) < 4.78 is 3.63. The molecule has 0 bridgehead atoms. The average molecular weight is 431 g/mol. The number of halogens is 3. The van der Waals surface area contributed by atoms with Crippen LogP contribution in [0, 0.1) is 6.92 Å². The molecule has 0 aliphatic rings. The number of ether oxygens (including phenoxy) is 1. The van der Waals surface area contributed by atoms with Crippen LogP contribution < -0.4 is 10.6 Å². The molecule has 0 aromatic heterocycles. The van der Waals surface area contributed by atoms with E-state index in [0.717, 1.165) is 16.8 Å². The predicted molar refractivity (Wildman–Crippen MR) is 115 cm³/mol. The number of nitrogens with one attached hydrogen (secondary N) is 2. The van der Waals surface area contributed by atoms with Crippen molar-refractivity contribution in [3.05, 3.63) is 65.7 Å². The number of thiocarbonyl (C=S) groups is 1. The lowest BCUT2D eigenvalue weighted by molar-refractivity contribution is 0.397.